The molecule has 162 valence electrons. The lowest BCUT2D eigenvalue weighted by molar-refractivity contribution is 0.269. The summed E-state index contributed by atoms with van der Waals surface area (Å²) in [7, 11) is 2.02. The molecule has 0 fully saturated rings. The van der Waals surface area contributed by atoms with Gasteiger partial charge in [-0.15, -0.1) is 0 Å². The van der Waals surface area contributed by atoms with E-state index in [1.54, 1.807) is 6.33 Å². The molecule has 0 bridgehead atoms. The SMILES string of the molecule is CC(C)COc1ccc(Cl)cc1Cc1cccc(-n2cc3cc4ncnc4cc3n2C)n1. The number of hydrogen-bond donors (Lipinski definition) is 0. The molecule has 0 aliphatic heterocycles. The second-order valence-electron chi connectivity index (χ2n) is 8.39. The number of nitrogens with zero attached hydrogens (tertiary/aromatic N) is 5. The summed E-state index contributed by atoms with van der Waals surface area (Å²) in [6.07, 6.45) is 4.30. The zero-order chi connectivity index (χ0) is 22.2. The molecule has 32 heavy (non-hydrogen) atoms. The van der Waals surface area contributed by atoms with Gasteiger partial charge in [-0.05, 0) is 48.4 Å². The van der Waals surface area contributed by atoms with Crippen LogP contribution in [0.4, 0.5) is 0 Å². The molecule has 6 nitrogen and oxygen atoms in total. The Morgan fingerprint density at radius 3 is 2.66 bits per heavy atom. The average molecular weight is 446 g/mol. The molecule has 0 aliphatic carbocycles. The third-order valence-corrected chi connectivity index (χ3v) is 5.68. The molecule has 0 spiro atoms. The van der Waals surface area contributed by atoms with E-state index in [9.17, 15) is 0 Å². The standard InChI is InChI=1S/C25H24ClN5O/c1-16(2)14-32-24-8-7-19(26)9-17(24)10-20-5-4-6-25(29-20)31-13-18-11-21-22(28-15-27-21)12-23(18)30(31)3/h4-9,11-13,15-16H,10,14H2,1-3H3. The maximum absolute atomic E-state index is 6.28. The third-order valence-electron chi connectivity index (χ3n) is 5.44. The molecule has 7 heteroatoms. The molecule has 2 aromatic carbocycles. The van der Waals surface area contributed by atoms with E-state index in [-0.39, 0.29) is 0 Å². The molecule has 5 rings (SSSR count). The van der Waals surface area contributed by atoms with E-state index >= 15 is 0 Å². The molecule has 0 saturated heterocycles. The summed E-state index contributed by atoms with van der Waals surface area (Å²) in [5.41, 5.74) is 4.83. The number of fused-ring (bicyclic) bond motifs is 2. The van der Waals surface area contributed by atoms with Gasteiger partial charge in [-0.3, -0.25) is 4.68 Å². The first kappa shape index (κ1) is 20.5. The predicted molar refractivity (Wildman–Crippen MR) is 128 cm³/mol. The van der Waals surface area contributed by atoms with Gasteiger partial charge in [0.25, 0.3) is 0 Å². The normalized spacial score (nSPS) is 11.7. The first-order chi connectivity index (χ1) is 15.5. The maximum Gasteiger partial charge on any atom is 0.151 e. The third kappa shape index (κ3) is 3.94. The summed E-state index contributed by atoms with van der Waals surface area (Å²) in [6.45, 7) is 4.93. The summed E-state index contributed by atoms with van der Waals surface area (Å²) in [6, 6.07) is 15.9. The Balaban J connectivity index is 1.49. The monoisotopic (exact) mass is 445 g/mol. The van der Waals surface area contributed by atoms with Crippen LogP contribution in [0.1, 0.15) is 25.1 Å². The Morgan fingerprint density at radius 2 is 1.84 bits per heavy atom. The molecule has 0 amide bonds. The second-order valence-corrected chi connectivity index (χ2v) is 8.83. The molecule has 3 heterocycles. The van der Waals surface area contributed by atoms with Crippen LogP contribution < -0.4 is 4.74 Å². The van der Waals surface area contributed by atoms with Crippen LogP contribution in [-0.4, -0.2) is 30.9 Å². The van der Waals surface area contributed by atoms with Crippen molar-refractivity contribution in [2.24, 2.45) is 13.0 Å². The minimum atomic E-state index is 0.447. The van der Waals surface area contributed by atoms with Crippen LogP contribution in [-0.2, 0) is 13.5 Å². The summed E-state index contributed by atoms with van der Waals surface area (Å²) in [4.78, 5) is 13.6. The van der Waals surface area contributed by atoms with Crippen molar-refractivity contribution in [3.05, 3.63) is 77.3 Å². The largest absolute Gasteiger partial charge is 0.493 e. The first-order valence-corrected chi connectivity index (χ1v) is 11.0. The smallest absolute Gasteiger partial charge is 0.151 e. The molecule has 3 aromatic heterocycles. The highest BCUT2D eigenvalue weighted by atomic mass is 35.5. The fourth-order valence-corrected chi connectivity index (χ4v) is 4.05. The quantitative estimate of drug-likeness (QED) is 0.342. The highest BCUT2D eigenvalue weighted by Crippen LogP contribution is 2.27. The van der Waals surface area contributed by atoms with Crippen molar-refractivity contribution in [3.8, 4) is 11.6 Å². The number of benzene rings is 2. The lowest BCUT2D eigenvalue weighted by Gasteiger charge is -2.14. The van der Waals surface area contributed by atoms with E-state index in [1.165, 1.54) is 0 Å². The topological polar surface area (TPSA) is 57.8 Å². The van der Waals surface area contributed by atoms with E-state index < -0.39 is 0 Å². The van der Waals surface area contributed by atoms with Gasteiger partial charge in [-0.1, -0.05) is 31.5 Å². The predicted octanol–water partition coefficient (Wildman–Crippen LogP) is 5.59. The Labute approximate surface area is 191 Å². The van der Waals surface area contributed by atoms with Gasteiger partial charge in [0, 0.05) is 41.3 Å². The molecule has 0 atom stereocenters. The Kier molecular flexibility index (Phi) is 5.31. The van der Waals surface area contributed by atoms with E-state index in [2.05, 4.69) is 46.8 Å². The van der Waals surface area contributed by atoms with Gasteiger partial charge in [0.2, 0.25) is 0 Å². The Morgan fingerprint density at radius 1 is 1.03 bits per heavy atom. The Bertz CT molecular complexity index is 1420. The Hall–Kier alpha value is -3.38. The van der Waals surface area contributed by atoms with E-state index in [1.807, 2.05) is 48.1 Å². The molecule has 0 aliphatic rings. The maximum atomic E-state index is 6.28. The zero-order valence-corrected chi connectivity index (χ0v) is 19.0. The minimum absolute atomic E-state index is 0.447. The van der Waals surface area contributed by atoms with Gasteiger partial charge in [0.1, 0.15) is 12.1 Å². The number of aryl methyl sites for hydroxylation is 1. The van der Waals surface area contributed by atoms with Crippen molar-refractivity contribution in [1.29, 1.82) is 0 Å². The van der Waals surface area contributed by atoms with Crippen molar-refractivity contribution >= 4 is 33.5 Å². The number of hydrogen-bond acceptors (Lipinski definition) is 4. The number of pyridine rings is 1. The number of imidazole rings is 1. The van der Waals surface area contributed by atoms with Gasteiger partial charge in [-0.2, -0.15) is 0 Å². The molecule has 0 radical (unpaired) electrons. The fourth-order valence-electron chi connectivity index (χ4n) is 3.85. The molecule has 0 N–H and O–H groups in total. The summed E-state index contributed by atoms with van der Waals surface area (Å²) in [5, 5.41) is 1.78. The van der Waals surface area contributed by atoms with Crippen LogP contribution in [0.25, 0.3) is 27.8 Å². The van der Waals surface area contributed by atoms with Gasteiger partial charge >= 0.3 is 0 Å². The van der Waals surface area contributed by atoms with Crippen LogP contribution in [0.15, 0.2) is 61.1 Å². The van der Waals surface area contributed by atoms with Crippen molar-refractivity contribution in [1.82, 2.24) is 24.3 Å². The summed E-state index contributed by atoms with van der Waals surface area (Å²) >= 11 is 6.28. The lowest BCUT2D eigenvalue weighted by atomic mass is 10.1. The van der Waals surface area contributed by atoms with Crippen LogP contribution in [0, 0.1) is 5.92 Å². The number of ether oxygens (including phenoxy) is 1. The molecule has 5 aromatic rings. The number of aromatic nitrogens is 5. The lowest BCUT2D eigenvalue weighted by Crippen LogP contribution is -2.09. The number of halogens is 1. The molecule has 0 unspecified atom stereocenters. The van der Waals surface area contributed by atoms with Gasteiger partial charge < -0.3 is 4.74 Å². The van der Waals surface area contributed by atoms with Crippen molar-refractivity contribution in [2.45, 2.75) is 20.3 Å². The van der Waals surface area contributed by atoms with Crippen LogP contribution in [0.5, 0.6) is 5.75 Å². The van der Waals surface area contributed by atoms with E-state index in [0.29, 0.717) is 24.0 Å². The van der Waals surface area contributed by atoms with Crippen LogP contribution >= 0.6 is 11.6 Å². The van der Waals surface area contributed by atoms with E-state index in [0.717, 1.165) is 44.8 Å². The van der Waals surface area contributed by atoms with Crippen LogP contribution in [0.2, 0.25) is 5.02 Å². The van der Waals surface area contributed by atoms with Crippen molar-refractivity contribution in [3.63, 3.8) is 0 Å². The summed E-state index contributed by atoms with van der Waals surface area (Å²) in [5.74, 6) is 2.14. The summed E-state index contributed by atoms with van der Waals surface area (Å²) < 4.78 is 10.1. The molecule has 0 saturated carbocycles. The van der Waals surface area contributed by atoms with E-state index in [4.69, 9.17) is 21.3 Å². The zero-order valence-electron chi connectivity index (χ0n) is 18.3. The highest BCUT2D eigenvalue weighted by molar-refractivity contribution is 6.30. The van der Waals surface area contributed by atoms with Crippen molar-refractivity contribution < 1.29 is 4.74 Å². The van der Waals surface area contributed by atoms with Gasteiger partial charge in [0.05, 0.1) is 23.2 Å². The molecular formula is C25H24ClN5O. The second kappa shape index (κ2) is 8.28. The van der Waals surface area contributed by atoms with Gasteiger partial charge in [-0.25, -0.2) is 19.6 Å². The van der Waals surface area contributed by atoms with Crippen molar-refractivity contribution in [2.75, 3.05) is 6.61 Å². The fraction of sp³-hybridized carbons (Fsp3) is 0.240. The van der Waals surface area contributed by atoms with Crippen LogP contribution in [0.3, 0.4) is 0 Å². The average Bonchev–Trinajstić information content (AvgIpc) is 3.35. The first-order valence-electron chi connectivity index (χ1n) is 10.6. The molecular weight excluding hydrogens is 422 g/mol. The highest BCUT2D eigenvalue weighted by Gasteiger charge is 2.12. The van der Waals surface area contributed by atoms with Gasteiger partial charge in [0.15, 0.2) is 5.82 Å². The number of rotatable bonds is 6. The minimum Gasteiger partial charge on any atom is -0.493 e.